The van der Waals surface area contributed by atoms with Crippen LogP contribution in [0.3, 0.4) is 0 Å². The molecule has 5 rings (SSSR count). The molecule has 0 saturated heterocycles. The van der Waals surface area contributed by atoms with E-state index >= 15 is 0 Å². The minimum Gasteiger partial charge on any atom is -0.323 e. The Balaban J connectivity index is 1.69. The number of aliphatic imine (C=N–C) groups is 1. The highest BCUT2D eigenvalue weighted by Gasteiger charge is 2.19. The summed E-state index contributed by atoms with van der Waals surface area (Å²) in [6, 6.07) is 8.09. The van der Waals surface area contributed by atoms with Crippen molar-refractivity contribution in [1.82, 2.24) is 19.3 Å². The Bertz CT molecular complexity index is 1330. The van der Waals surface area contributed by atoms with Gasteiger partial charge in [-0.3, -0.25) is 9.79 Å². The minimum absolute atomic E-state index is 0.166. The molecule has 4 aromatic rings. The van der Waals surface area contributed by atoms with Crippen LogP contribution in [-0.2, 0) is 20.1 Å². The lowest BCUT2D eigenvalue weighted by Crippen LogP contribution is -2.25. The van der Waals surface area contributed by atoms with Crippen molar-refractivity contribution in [3.63, 3.8) is 0 Å². The summed E-state index contributed by atoms with van der Waals surface area (Å²) in [5.74, 6) is 0. The molecule has 0 bridgehead atoms. The lowest BCUT2D eigenvalue weighted by Gasteiger charge is -2.09. The molecule has 1 aromatic carbocycles. The average Bonchev–Trinajstić information content (AvgIpc) is 3.34. The minimum atomic E-state index is -0.166. The maximum atomic E-state index is 13.0. The number of rotatable bonds is 2. The molecule has 0 radical (unpaired) electrons. The van der Waals surface area contributed by atoms with Crippen LogP contribution >= 0.6 is 11.3 Å². The summed E-state index contributed by atoms with van der Waals surface area (Å²) in [5, 5.41) is 14.5. The zero-order chi connectivity index (χ0) is 17.8. The van der Waals surface area contributed by atoms with Crippen molar-refractivity contribution in [2.24, 2.45) is 12.0 Å². The summed E-state index contributed by atoms with van der Waals surface area (Å²) in [7, 11) is 1.80. The van der Waals surface area contributed by atoms with Gasteiger partial charge in [-0.25, -0.2) is 9.67 Å². The molecule has 0 N–H and O–H groups in total. The van der Waals surface area contributed by atoms with Crippen LogP contribution in [-0.4, -0.2) is 25.5 Å². The van der Waals surface area contributed by atoms with Gasteiger partial charge in [-0.15, -0.1) is 11.3 Å². The molecule has 0 amide bonds. The van der Waals surface area contributed by atoms with Crippen molar-refractivity contribution in [2.75, 3.05) is 0 Å². The fourth-order valence-electron chi connectivity index (χ4n) is 3.45. The van der Waals surface area contributed by atoms with E-state index < -0.39 is 0 Å². The highest BCUT2D eigenvalue weighted by atomic mass is 32.1. The second-order valence-corrected chi connectivity index (χ2v) is 7.17. The Kier molecular flexibility index (Phi) is 3.08. The van der Waals surface area contributed by atoms with Gasteiger partial charge in [0.25, 0.3) is 5.56 Å². The normalized spacial score (nSPS) is 12.8. The summed E-state index contributed by atoms with van der Waals surface area (Å²) in [6.07, 6.45) is 3.55. The number of nitrogens with zero attached hydrogens (tertiary/aromatic N) is 6. The molecule has 4 heterocycles. The van der Waals surface area contributed by atoms with Gasteiger partial charge in [-0.2, -0.15) is 10.4 Å². The van der Waals surface area contributed by atoms with Crippen molar-refractivity contribution in [3.8, 4) is 6.07 Å². The Morgan fingerprint density at radius 3 is 3.12 bits per heavy atom. The van der Waals surface area contributed by atoms with Gasteiger partial charge in [0.05, 0.1) is 24.0 Å². The molecule has 0 unspecified atom stereocenters. The first kappa shape index (κ1) is 15.0. The summed E-state index contributed by atoms with van der Waals surface area (Å²) in [6.45, 7) is 1.07. The molecular weight excluding hydrogens is 348 g/mol. The van der Waals surface area contributed by atoms with Crippen LogP contribution < -0.4 is 5.56 Å². The van der Waals surface area contributed by atoms with E-state index in [4.69, 9.17) is 5.26 Å². The van der Waals surface area contributed by atoms with Gasteiger partial charge >= 0.3 is 0 Å². The summed E-state index contributed by atoms with van der Waals surface area (Å²) >= 11 is 1.28. The number of fused-ring (bicyclic) bond motifs is 4. The summed E-state index contributed by atoms with van der Waals surface area (Å²) in [4.78, 5) is 21.6. The topological polar surface area (TPSA) is 88.9 Å². The number of thiazole rings is 1. The Morgan fingerprint density at radius 2 is 2.27 bits per heavy atom. The first-order chi connectivity index (χ1) is 12.7. The van der Waals surface area contributed by atoms with E-state index in [1.54, 1.807) is 17.8 Å². The number of aryl methyl sites for hydroxylation is 1. The monoisotopic (exact) mass is 360 g/mol. The molecule has 1 aliphatic heterocycles. The number of nitriles is 1. The predicted molar refractivity (Wildman–Crippen MR) is 99.7 cm³/mol. The zero-order valence-corrected chi connectivity index (χ0v) is 14.6. The van der Waals surface area contributed by atoms with Crippen molar-refractivity contribution >= 4 is 38.8 Å². The zero-order valence-electron chi connectivity index (χ0n) is 13.8. The molecule has 8 heteroatoms. The highest BCUT2D eigenvalue weighted by molar-refractivity contribution is 7.20. The van der Waals surface area contributed by atoms with Gasteiger partial charge in [-0.05, 0) is 11.1 Å². The standard InChI is InChI=1S/C18H12N6OS/c1-23-15-13(16-17(23)22-14(5-19)26-16)8-21-24(18(15)25)9-11-4-2-3-10-6-20-7-12(10)11/h2-4,7-8H,6,9H2,1H3. The number of aromatic nitrogens is 4. The maximum Gasteiger partial charge on any atom is 0.291 e. The van der Waals surface area contributed by atoms with Crippen molar-refractivity contribution in [2.45, 2.75) is 13.1 Å². The van der Waals surface area contributed by atoms with E-state index in [-0.39, 0.29) is 5.56 Å². The van der Waals surface area contributed by atoms with E-state index in [1.165, 1.54) is 21.6 Å². The summed E-state index contributed by atoms with van der Waals surface area (Å²) in [5.41, 5.74) is 4.31. The van der Waals surface area contributed by atoms with E-state index in [0.717, 1.165) is 21.2 Å². The van der Waals surface area contributed by atoms with Gasteiger partial charge in [-0.1, -0.05) is 18.2 Å². The van der Waals surface area contributed by atoms with E-state index in [1.807, 2.05) is 18.3 Å². The molecule has 7 nitrogen and oxygen atoms in total. The Hall–Kier alpha value is -3.31. The third-order valence-electron chi connectivity index (χ3n) is 4.71. The quantitative estimate of drug-likeness (QED) is 0.548. The lowest BCUT2D eigenvalue weighted by molar-refractivity contribution is 0.643. The predicted octanol–water partition coefficient (Wildman–Crippen LogP) is 2.20. The molecule has 0 aliphatic carbocycles. The third kappa shape index (κ3) is 1.98. The molecule has 3 aromatic heterocycles. The van der Waals surface area contributed by atoms with Crippen LogP contribution in [0.15, 0.2) is 34.2 Å². The van der Waals surface area contributed by atoms with Gasteiger partial charge in [0, 0.05) is 24.2 Å². The molecular formula is C18H12N6OS. The third-order valence-corrected chi connectivity index (χ3v) is 5.69. The highest BCUT2D eigenvalue weighted by Crippen LogP contribution is 2.30. The largest absolute Gasteiger partial charge is 0.323 e. The van der Waals surface area contributed by atoms with Crippen LogP contribution in [0, 0.1) is 11.3 Å². The first-order valence-electron chi connectivity index (χ1n) is 8.03. The number of hydrogen-bond acceptors (Lipinski definition) is 6. The Morgan fingerprint density at radius 1 is 1.38 bits per heavy atom. The van der Waals surface area contributed by atoms with Crippen LogP contribution in [0.4, 0.5) is 0 Å². The van der Waals surface area contributed by atoms with E-state index in [9.17, 15) is 4.79 Å². The molecule has 26 heavy (non-hydrogen) atoms. The average molecular weight is 360 g/mol. The molecule has 0 fully saturated rings. The van der Waals surface area contributed by atoms with Crippen molar-refractivity contribution < 1.29 is 0 Å². The second kappa shape index (κ2) is 5.34. The molecule has 0 saturated carbocycles. The molecule has 0 spiro atoms. The SMILES string of the molecule is Cn1c2nc(C#N)sc2c2cnn(Cc3cccc4c3C=NC4)c(=O)c21. The first-order valence-corrected chi connectivity index (χ1v) is 8.85. The van der Waals surface area contributed by atoms with E-state index in [2.05, 4.69) is 27.2 Å². The lowest BCUT2D eigenvalue weighted by atomic mass is 10.0. The molecule has 0 atom stereocenters. The van der Waals surface area contributed by atoms with E-state index in [0.29, 0.717) is 29.3 Å². The van der Waals surface area contributed by atoms with Crippen LogP contribution in [0.2, 0.25) is 0 Å². The van der Waals surface area contributed by atoms with Crippen LogP contribution in [0.1, 0.15) is 21.7 Å². The second-order valence-electron chi connectivity index (χ2n) is 6.17. The van der Waals surface area contributed by atoms with Crippen molar-refractivity contribution in [1.29, 1.82) is 5.26 Å². The fourth-order valence-corrected chi connectivity index (χ4v) is 4.36. The fraction of sp³-hybridized carbons (Fsp3) is 0.167. The van der Waals surface area contributed by atoms with Gasteiger partial charge < -0.3 is 4.57 Å². The van der Waals surface area contributed by atoms with Gasteiger partial charge in [0.15, 0.2) is 10.7 Å². The van der Waals surface area contributed by atoms with Gasteiger partial charge in [0.1, 0.15) is 11.6 Å². The molecule has 126 valence electrons. The molecule has 1 aliphatic rings. The number of benzene rings is 1. The van der Waals surface area contributed by atoms with Gasteiger partial charge in [0.2, 0.25) is 0 Å². The Labute approximate surface area is 151 Å². The summed E-state index contributed by atoms with van der Waals surface area (Å²) < 4.78 is 4.04. The van der Waals surface area contributed by atoms with Crippen molar-refractivity contribution in [3.05, 3.63) is 56.4 Å². The smallest absolute Gasteiger partial charge is 0.291 e. The van der Waals surface area contributed by atoms with Crippen LogP contribution in [0.5, 0.6) is 0 Å². The number of hydrogen-bond donors (Lipinski definition) is 0. The van der Waals surface area contributed by atoms with Crippen LogP contribution in [0.25, 0.3) is 21.3 Å². The maximum absolute atomic E-state index is 13.0.